The van der Waals surface area contributed by atoms with Crippen LogP contribution in [0.25, 0.3) is 0 Å². The number of rotatable bonds is 10. The predicted molar refractivity (Wildman–Crippen MR) is 107 cm³/mol. The molecule has 0 aromatic rings. The van der Waals surface area contributed by atoms with Gasteiger partial charge in [-0.2, -0.15) is 5.26 Å². The van der Waals surface area contributed by atoms with Gasteiger partial charge in [0.25, 0.3) is 0 Å². The summed E-state index contributed by atoms with van der Waals surface area (Å²) >= 11 is 0. The minimum absolute atomic E-state index is 0.154. The number of hydrogen-bond donors (Lipinski definition) is 3. The normalized spacial score (nSPS) is 14.4. The molecular formula is C20H36N4O4. The molecular weight excluding hydrogens is 360 g/mol. The van der Waals surface area contributed by atoms with Gasteiger partial charge < -0.3 is 20.7 Å². The Morgan fingerprint density at radius 1 is 1.00 bits per heavy atom. The summed E-state index contributed by atoms with van der Waals surface area (Å²) in [5.74, 6) is -0.700. The Morgan fingerprint density at radius 3 is 2.04 bits per heavy atom. The second kappa shape index (κ2) is 12.2. The first-order valence-electron chi connectivity index (χ1n) is 9.89. The van der Waals surface area contributed by atoms with Crippen molar-refractivity contribution in [2.45, 2.75) is 97.9 Å². The Labute approximate surface area is 168 Å². The van der Waals surface area contributed by atoms with Crippen molar-refractivity contribution in [1.29, 1.82) is 5.26 Å². The fraction of sp³-hybridized carbons (Fsp3) is 0.800. The van der Waals surface area contributed by atoms with Crippen LogP contribution in [-0.2, 0) is 14.3 Å². The Kier molecular flexibility index (Phi) is 11.2. The average molecular weight is 397 g/mol. The van der Waals surface area contributed by atoms with Gasteiger partial charge in [0.2, 0.25) is 11.8 Å². The van der Waals surface area contributed by atoms with Gasteiger partial charge >= 0.3 is 6.09 Å². The monoisotopic (exact) mass is 396 g/mol. The van der Waals surface area contributed by atoms with Crippen molar-refractivity contribution in [3.05, 3.63) is 0 Å². The zero-order valence-electron chi connectivity index (χ0n) is 18.2. The summed E-state index contributed by atoms with van der Waals surface area (Å²) in [6.45, 7) is 12.7. The lowest BCUT2D eigenvalue weighted by molar-refractivity contribution is -0.130. The van der Waals surface area contributed by atoms with Crippen LogP contribution in [0, 0.1) is 17.2 Å². The second-order valence-electron chi connectivity index (χ2n) is 8.39. The van der Waals surface area contributed by atoms with Crippen LogP contribution in [0.4, 0.5) is 4.79 Å². The van der Waals surface area contributed by atoms with Gasteiger partial charge in [-0.25, -0.2) is 4.79 Å². The van der Waals surface area contributed by atoms with Gasteiger partial charge in [0.1, 0.15) is 23.7 Å². The third-order valence-electron chi connectivity index (χ3n) is 3.75. The quantitative estimate of drug-likeness (QED) is 0.524. The van der Waals surface area contributed by atoms with Crippen molar-refractivity contribution >= 4 is 17.9 Å². The summed E-state index contributed by atoms with van der Waals surface area (Å²) in [6, 6.07) is -0.305. The number of nitrogens with zero attached hydrogens (tertiary/aromatic N) is 1. The third kappa shape index (κ3) is 11.4. The van der Waals surface area contributed by atoms with E-state index in [1.165, 1.54) is 0 Å². The molecule has 3 amide bonds. The highest BCUT2D eigenvalue weighted by atomic mass is 16.6. The number of carbonyl (C=O) groups is 3. The number of hydrogen-bond acceptors (Lipinski definition) is 5. The third-order valence-corrected chi connectivity index (χ3v) is 3.75. The first-order chi connectivity index (χ1) is 12.9. The molecule has 0 aliphatic carbocycles. The number of alkyl carbamates (subject to hydrolysis) is 1. The molecule has 8 heteroatoms. The number of ether oxygens (including phenoxy) is 1. The van der Waals surface area contributed by atoms with E-state index in [0.29, 0.717) is 12.8 Å². The van der Waals surface area contributed by atoms with Gasteiger partial charge in [-0.1, -0.05) is 33.6 Å². The van der Waals surface area contributed by atoms with E-state index in [2.05, 4.69) is 16.0 Å². The fourth-order valence-corrected chi connectivity index (χ4v) is 2.45. The lowest BCUT2D eigenvalue weighted by atomic mass is 10.0. The number of carbonyl (C=O) groups excluding carboxylic acids is 3. The standard InChI is InChI=1S/C20H36N4O4/c1-8-9-10-15(24-19(27)28-20(5,6)7)17(25)23-16(11-13(2)3)18(26)22-14(4)12-21/h13-16H,8-11H2,1-7H3,(H,22,26)(H,23,25)(H,24,27)/t14?,15-,16?/m0/s1. The average Bonchev–Trinajstić information content (AvgIpc) is 2.55. The topological polar surface area (TPSA) is 120 Å². The molecule has 0 aromatic heterocycles. The van der Waals surface area contributed by atoms with Crippen LogP contribution < -0.4 is 16.0 Å². The highest BCUT2D eigenvalue weighted by Crippen LogP contribution is 2.10. The summed E-state index contributed by atoms with van der Waals surface area (Å²) in [7, 11) is 0. The summed E-state index contributed by atoms with van der Waals surface area (Å²) in [6.07, 6.45) is 1.77. The van der Waals surface area contributed by atoms with E-state index in [9.17, 15) is 14.4 Å². The van der Waals surface area contributed by atoms with E-state index in [-0.39, 0.29) is 5.92 Å². The zero-order valence-corrected chi connectivity index (χ0v) is 18.2. The second-order valence-corrected chi connectivity index (χ2v) is 8.39. The van der Waals surface area contributed by atoms with E-state index in [4.69, 9.17) is 10.00 Å². The van der Waals surface area contributed by atoms with Crippen molar-refractivity contribution in [3.63, 3.8) is 0 Å². The van der Waals surface area contributed by atoms with E-state index >= 15 is 0 Å². The summed E-state index contributed by atoms with van der Waals surface area (Å²) in [5.41, 5.74) is -0.677. The number of nitriles is 1. The lowest BCUT2D eigenvalue weighted by Gasteiger charge is -2.26. The molecule has 0 heterocycles. The fourth-order valence-electron chi connectivity index (χ4n) is 2.45. The summed E-state index contributed by atoms with van der Waals surface area (Å²) in [4.78, 5) is 37.3. The summed E-state index contributed by atoms with van der Waals surface area (Å²) in [5, 5.41) is 16.8. The van der Waals surface area contributed by atoms with E-state index < -0.39 is 41.6 Å². The van der Waals surface area contributed by atoms with Gasteiger partial charge in [-0.05, 0) is 46.5 Å². The van der Waals surface area contributed by atoms with Gasteiger partial charge in [-0.3, -0.25) is 9.59 Å². The Hall–Kier alpha value is -2.30. The number of amides is 3. The SMILES string of the molecule is CCCC[C@H](NC(=O)OC(C)(C)C)C(=O)NC(CC(C)C)C(=O)NC(C)C#N. The minimum Gasteiger partial charge on any atom is -0.444 e. The molecule has 0 aliphatic rings. The molecule has 0 bridgehead atoms. The molecule has 0 aromatic carbocycles. The van der Waals surface area contributed by atoms with E-state index in [1.54, 1.807) is 27.7 Å². The van der Waals surface area contributed by atoms with Crippen LogP contribution in [0.1, 0.15) is 74.1 Å². The van der Waals surface area contributed by atoms with Gasteiger partial charge in [0.15, 0.2) is 0 Å². The maximum absolute atomic E-state index is 12.8. The first kappa shape index (κ1) is 25.7. The molecule has 3 atom stereocenters. The minimum atomic E-state index is -0.800. The van der Waals surface area contributed by atoms with Crippen LogP contribution in [0.5, 0.6) is 0 Å². The maximum Gasteiger partial charge on any atom is 0.408 e. The molecule has 0 aliphatic heterocycles. The van der Waals surface area contributed by atoms with Crippen LogP contribution in [-0.4, -0.2) is 41.6 Å². The molecule has 0 spiro atoms. The van der Waals surface area contributed by atoms with Gasteiger partial charge in [-0.15, -0.1) is 0 Å². The zero-order chi connectivity index (χ0) is 21.9. The van der Waals surface area contributed by atoms with Crippen LogP contribution in [0.3, 0.4) is 0 Å². The Bertz CT molecular complexity index is 564. The van der Waals surface area contributed by atoms with E-state index in [0.717, 1.165) is 12.8 Å². The molecule has 3 N–H and O–H groups in total. The molecule has 0 saturated heterocycles. The van der Waals surface area contributed by atoms with Gasteiger partial charge in [0.05, 0.1) is 6.07 Å². The molecule has 0 fully saturated rings. The highest BCUT2D eigenvalue weighted by Gasteiger charge is 2.29. The van der Waals surface area contributed by atoms with Crippen molar-refractivity contribution in [1.82, 2.24) is 16.0 Å². The maximum atomic E-state index is 12.8. The molecule has 0 saturated carbocycles. The predicted octanol–water partition coefficient (Wildman–Crippen LogP) is 2.63. The lowest BCUT2D eigenvalue weighted by Crippen LogP contribution is -2.55. The highest BCUT2D eigenvalue weighted by molar-refractivity contribution is 5.91. The van der Waals surface area contributed by atoms with Crippen LogP contribution >= 0.6 is 0 Å². The molecule has 0 radical (unpaired) electrons. The Balaban J connectivity index is 5.20. The van der Waals surface area contributed by atoms with Crippen LogP contribution in [0.15, 0.2) is 0 Å². The summed E-state index contributed by atoms with van der Waals surface area (Å²) < 4.78 is 5.24. The molecule has 0 rings (SSSR count). The van der Waals surface area contributed by atoms with Crippen molar-refractivity contribution < 1.29 is 19.1 Å². The Morgan fingerprint density at radius 2 is 1.57 bits per heavy atom. The van der Waals surface area contributed by atoms with Crippen molar-refractivity contribution in [2.24, 2.45) is 5.92 Å². The molecule has 28 heavy (non-hydrogen) atoms. The number of nitrogens with one attached hydrogen (secondary N) is 3. The van der Waals surface area contributed by atoms with Crippen molar-refractivity contribution in [3.8, 4) is 6.07 Å². The first-order valence-corrected chi connectivity index (χ1v) is 9.89. The number of unbranched alkanes of at least 4 members (excludes halogenated alkanes) is 1. The van der Waals surface area contributed by atoms with Crippen molar-refractivity contribution in [2.75, 3.05) is 0 Å². The molecule has 8 nitrogen and oxygen atoms in total. The van der Waals surface area contributed by atoms with E-state index in [1.807, 2.05) is 26.8 Å². The smallest absolute Gasteiger partial charge is 0.408 e. The van der Waals surface area contributed by atoms with Gasteiger partial charge in [0, 0.05) is 0 Å². The molecule has 160 valence electrons. The molecule has 2 unspecified atom stereocenters. The van der Waals surface area contributed by atoms with Crippen LogP contribution in [0.2, 0.25) is 0 Å². The largest absolute Gasteiger partial charge is 0.444 e.